The molecule has 5 heteroatoms. The summed E-state index contributed by atoms with van der Waals surface area (Å²) in [7, 11) is 0. The van der Waals surface area contributed by atoms with E-state index in [4.69, 9.17) is 9.57 Å². The van der Waals surface area contributed by atoms with Crippen LogP contribution >= 0.6 is 0 Å². The third-order valence-corrected chi connectivity index (χ3v) is 5.71. The molecule has 158 valence electrons. The van der Waals surface area contributed by atoms with Crippen LogP contribution in [0.3, 0.4) is 0 Å². The standard InChI is InChI=1S/C22H41NO4/c1-5-22(24)26-16-17-27-23(25)21-14-12-20(13-15-21)11-7-10-19(4)9-6-8-18(2)3/h5,18-21,23H,1,6-17H2,2-4H3. The topological polar surface area (TPSA) is 63.0 Å². The number of quaternary nitrogens is 1. The van der Waals surface area contributed by atoms with Gasteiger partial charge in [0.15, 0.2) is 0 Å². The van der Waals surface area contributed by atoms with Crippen molar-refractivity contribution >= 4 is 5.97 Å². The number of hydroxylamine groups is 2. The third-order valence-electron chi connectivity index (χ3n) is 5.71. The summed E-state index contributed by atoms with van der Waals surface area (Å²) in [4.78, 5) is 16.1. The lowest BCUT2D eigenvalue weighted by atomic mass is 9.82. The number of carbonyl (C=O) groups excluding carboxylic acids is 1. The second-order valence-electron chi connectivity index (χ2n) is 8.62. The van der Waals surface area contributed by atoms with Gasteiger partial charge in [0.05, 0.1) is 0 Å². The molecule has 0 saturated heterocycles. The molecule has 1 rings (SSSR count). The predicted octanol–water partition coefficient (Wildman–Crippen LogP) is 4.22. The molecule has 0 aromatic heterocycles. The van der Waals surface area contributed by atoms with Gasteiger partial charge in [0.1, 0.15) is 19.3 Å². The van der Waals surface area contributed by atoms with Crippen LogP contribution in [-0.4, -0.2) is 25.2 Å². The largest absolute Gasteiger partial charge is 0.600 e. The zero-order valence-electron chi connectivity index (χ0n) is 17.7. The Bertz CT molecular complexity index is 405. The maximum atomic E-state index is 12.1. The Kier molecular flexibility index (Phi) is 12.6. The van der Waals surface area contributed by atoms with Gasteiger partial charge in [0, 0.05) is 18.9 Å². The van der Waals surface area contributed by atoms with Crippen molar-refractivity contribution < 1.29 is 19.6 Å². The second kappa shape index (κ2) is 14.1. The molecule has 27 heavy (non-hydrogen) atoms. The van der Waals surface area contributed by atoms with E-state index in [1.807, 2.05) is 0 Å². The summed E-state index contributed by atoms with van der Waals surface area (Å²) in [6.07, 6.45) is 13.3. The third kappa shape index (κ3) is 11.5. The fourth-order valence-electron chi connectivity index (χ4n) is 3.92. The lowest BCUT2D eigenvalue weighted by Crippen LogP contribution is -3.10. The van der Waals surface area contributed by atoms with E-state index in [9.17, 15) is 10.0 Å². The molecule has 0 aliphatic heterocycles. The van der Waals surface area contributed by atoms with E-state index >= 15 is 0 Å². The van der Waals surface area contributed by atoms with Gasteiger partial charge in [-0.15, -0.1) is 0 Å². The van der Waals surface area contributed by atoms with Crippen molar-refractivity contribution in [3.05, 3.63) is 17.9 Å². The van der Waals surface area contributed by atoms with Crippen molar-refractivity contribution in [2.45, 2.75) is 91.0 Å². The van der Waals surface area contributed by atoms with Crippen molar-refractivity contribution in [2.24, 2.45) is 17.8 Å². The van der Waals surface area contributed by atoms with Crippen molar-refractivity contribution in [1.29, 1.82) is 0 Å². The van der Waals surface area contributed by atoms with E-state index in [0.29, 0.717) is 0 Å². The summed E-state index contributed by atoms with van der Waals surface area (Å²) in [6, 6.07) is 0.0197. The molecule has 1 N–H and O–H groups in total. The summed E-state index contributed by atoms with van der Waals surface area (Å²) >= 11 is 0. The van der Waals surface area contributed by atoms with Crippen molar-refractivity contribution in [3.8, 4) is 0 Å². The van der Waals surface area contributed by atoms with Gasteiger partial charge in [-0.2, -0.15) is 0 Å². The van der Waals surface area contributed by atoms with Crippen LogP contribution in [0.15, 0.2) is 12.7 Å². The van der Waals surface area contributed by atoms with Crippen LogP contribution in [0, 0.1) is 23.0 Å². The molecular weight excluding hydrogens is 342 g/mol. The maximum absolute atomic E-state index is 12.1. The average Bonchev–Trinajstić information content (AvgIpc) is 2.65. The minimum Gasteiger partial charge on any atom is -0.600 e. The molecule has 0 aromatic rings. The summed E-state index contributed by atoms with van der Waals surface area (Å²) in [5, 5.41) is 12.0. The first-order valence-electron chi connectivity index (χ1n) is 10.9. The molecule has 0 spiro atoms. The Hall–Kier alpha value is -0.910. The van der Waals surface area contributed by atoms with Crippen LogP contribution in [0.1, 0.15) is 85.0 Å². The van der Waals surface area contributed by atoms with Gasteiger partial charge in [-0.25, -0.2) is 14.9 Å². The summed E-state index contributed by atoms with van der Waals surface area (Å²) in [6.45, 7) is 10.5. The number of esters is 1. The van der Waals surface area contributed by atoms with Crippen LogP contribution in [0.2, 0.25) is 0 Å². The molecule has 1 aliphatic carbocycles. The number of carbonyl (C=O) groups is 1. The van der Waals surface area contributed by atoms with E-state index in [0.717, 1.165) is 49.5 Å². The first-order chi connectivity index (χ1) is 12.9. The average molecular weight is 384 g/mol. The number of ether oxygens (including phenoxy) is 1. The molecule has 1 saturated carbocycles. The second-order valence-corrected chi connectivity index (χ2v) is 8.62. The van der Waals surface area contributed by atoms with E-state index in [2.05, 4.69) is 27.4 Å². The van der Waals surface area contributed by atoms with Crippen LogP contribution in [0.4, 0.5) is 0 Å². The molecule has 0 amide bonds. The Balaban J connectivity index is 2.06. The first kappa shape index (κ1) is 24.1. The van der Waals surface area contributed by atoms with Gasteiger partial charge >= 0.3 is 5.97 Å². The Morgan fingerprint density at radius 2 is 1.78 bits per heavy atom. The zero-order chi connectivity index (χ0) is 20.1. The quantitative estimate of drug-likeness (QED) is 0.211. The molecule has 0 bridgehead atoms. The number of hydrogen-bond donors (Lipinski definition) is 1. The lowest BCUT2D eigenvalue weighted by Gasteiger charge is -2.34. The highest BCUT2D eigenvalue weighted by atomic mass is 16.9. The molecule has 0 heterocycles. The normalized spacial score (nSPS) is 22.4. The minimum atomic E-state index is -0.485. The Morgan fingerprint density at radius 1 is 1.11 bits per heavy atom. The monoisotopic (exact) mass is 383 g/mol. The van der Waals surface area contributed by atoms with Crippen molar-refractivity contribution in [1.82, 2.24) is 0 Å². The highest BCUT2D eigenvalue weighted by Crippen LogP contribution is 2.28. The van der Waals surface area contributed by atoms with Crippen LogP contribution in [0.25, 0.3) is 0 Å². The van der Waals surface area contributed by atoms with Crippen molar-refractivity contribution in [2.75, 3.05) is 13.2 Å². The fourth-order valence-corrected chi connectivity index (χ4v) is 3.92. The van der Waals surface area contributed by atoms with Gasteiger partial charge < -0.3 is 9.94 Å². The first-order valence-corrected chi connectivity index (χ1v) is 10.9. The molecule has 0 aromatic carbocycles. The highest BCUT2D eigenvalue weighted by Gasteiger charge is 2.26. The van der Waals surface area contributed by atoms with Gasteiger partial charge in [-0.05, 0) is 30.6 Å². The zero-order valence-corrected chi connectivity index (χ0v) is 17.7. The van der Waals surface area contributed by atoms with Gasteiger partial charge in [-0.1, -0.05) is 65.9 Å². The van der Waals surface area contributed by atoms with E-state index in [-0.39, 0.29) is 24.5 Å². The number of nitrogens with one attached hydrogen (secondary N) is 1. The van der Waals surface area contributed by atoms with Crippen LogP contribution in [-0.2, 0) is 14.4 Å². The molecular formula is C22H41NO4. The van der Waals surface area contributed by atoms with Gasteiger partial charge in [-0.3, -0.25) is 0 Å². The van der Waals surface area contributed by atoms with Crippen LogP contribution in [0.5, 0.6) is 0 Å². The van der Waals surface area contributed by atoms with Gasteiger partial charge in [0.2, 0.25) is 0 Å². The van der Waals surface area contributed by atoms with E-state index in [1.54, 1.807) is 0 Å². The smallest absolute Gasteiger partial charge is 0.330 e. The molecule has 1 aliphatic rings. The maximum Gasteiger partial charge on any atom is 0.330 e. The van der Waals surface area contributed by atoms with Crippen LogP contribution < -0.4 is 5.23 Å². The van der Waals surface area contributed by atoms with Crippen molar-refractivity contribution in [3.63, 3.8) is 0 Å². The van der Waals surface area contributed by atoms with Gasteiger partial charge in [0.25, 0.3) is 0 Å². The molecule has 0 radical (unpaired) electrons. The van der Waals surface area contributed by atoms with E-state index < -0.39 is 5.97 Å². The molecule has 5 nitrogen and oxygen atoms in total. The summed E-state index contributed by atoms with van der Waals surface area (Å²) in [5.41, 5.74) is 0. The molecule has 2 unspecified atom stereocenters. The highest BCUT2D eigenvalue weighted by molar-refractivity contribution is 5.81. The summed E-state index contributed by atoms with van der Waals surface area (Å²) < 4.78 is 4.81. The Morgan fingerprint density at radius 3 is 2.41 bits per heavy atom. The SMILES string of the molecule is C=CC(=O)OCCO[NH+]([O-])C1CCC(CCCC(C)CCCC(C)C)CC1. The summed E-state index contributed by atoms with van der Waals surface area (Å²) in [5.74, 6) is 1.94. The number of hydrogen-bond acceptors (Lipinski definition) is 4. The van der Waals surface area contributed by atoms with E-state index in [1.165, 1.54) is 38.5 Å². The molecule has 2 atom stereocenters. The lowest BCUT2D eigenvalue weighted by molar-refractivity contribution is -1.07. The Labute approximate surface area is 166 Å². The fraction of sp³-hybridized carbons (Fsp3) is 0.864. The number of rotatable bonds is 14. The minimum absolute atomic E-state index is 0.0197. The molecule has 1 fully saturated rings. The predicted molar refractivity (Wildman–Crippen MR) is 109 cm³/mol.